The van der Waals surface area contributed by atoms with E-state index in [0.29, 0.717) is 11.3 Å². The Morgan fingerprint density at radius 1 is 1.30 bits per heavy atom. The molecule has 0 aliphatic heterocycles. The topological polar surface area (TPSA) is 0 Å². The molecule has 0 saturated heterocycles. The number of alkyl halides is 1. The van der Waals surface area contributed by atoms with Crippen LogP contribution in [0.1, 0.15) is 25.7 Å². The summed E-state index contributed by atoms with van der Waals surface area (Å²) in [6, 6.07) is 0. The fraction of sp³-hybridized carbons (Fsp3) is 0.778. The molecule has 0 unspecified atom stereocenters. The van der Waals surface area contributed by atoms with Crippen LogP contribution < -0.4 is 0 Å². The molecule has 2 aliphatic carbocycles. The number of hydrogen-bond acceptors (Lipinski definition) is 0. The Kier molecular flexibility index (Phi) is 1.09. The van der Waals surface area contributed by atoms with Gasteiger partial charge < -0.3 is 0 Å². The lowest BCUT2D eigenvalue weighted by molar-refractivity contribution is -0.0621. The van der Waals surface area contributed by atoms with Crippen LogP contribution in [0.3, 0.4) is 0 Å². The first kappa shape index (κ1) is 6.22. The van der Waals surface area contributed by atoms with Gasteiger partial charge >= 0.3 is 0 Å². The maximum atomic E-state index is 12.4. The molecule has 0 N–H and O–H groups in total. The highest BCUT2D eigenvalue weighted by atomic mass is 19.1. The molecular weight excluding hydrogens is 127 g/mol. The standard InChI is InChI=1S/C9H11F/c1-2-7-3-9(4-7)5-8(10)6-9/h1,7-8H,3-6H2. The van der Waals surface area contributed by atoms with Gasteiger partial charge in [-0.25, -0.2) is 4.39 Å². The van der Waals surface area contributed by atoms with Gasteiger partial charge in [0.1, 0.15) is 6.17 Å². The van der Waals surface area contributed by atoms with E-state index >= 15 is 0 Å². The smallest absolute Gasteiger partial charge is 0.101 e. The van der Waals surface area contributed by atoms with E-state index in [1.807, 2.05) is 0 Å². The Balaban J connectivity index is 1.86. The molecular formula is C9H11F. The predicted octanol–water partition coefficient (Wildman–Crippen LogP) is 2.15. The average molecular weight is 138 g/mol. The Bertz CT molecular complexity index is 175. The summed E-state index contributed by atoms with van der Waals surface area (Å²) in [5.41, 5.74) is 0.371. The van der Waals surface area contributed by atoms with Crippen molar-refractivity contribution in [1.82, 2.24) is 0 Å². The van der Waals surface area contributed by atoms with Crippen LogP contribution in [0.15, 0.2) is 0 Å². The van der Waals surface area contributed by atoms with Crippen molar-refractivity contribution in [3.8, 4) is 12.3 Å². The SMILES string of the molecule is C#CC1CC2(CC(F)C2)C1. The first-order valence-corrected chi connectivity index (χ1v) is 3.84. The molecule has 1 spiro atoms. The summed E-state index contributed by atoms with van der Waals surface area (Å²) in [7, 11) is 0. The highest BCUT2D eigenvalue weighted by Crippen LogP contribution is 2.59. The summed E-state index contributed by atoms with van der Waals surface area (Å²) in [5.74, 6) is 3.18. The molecule has 0 aromatic carbocycles. The van der Waals surface area contributed by atoms with Gasteiger partial charge in [-0.15, -0.1) is 12.3 Å². The first-order chi connectivity index (χ1) is 4.74. The molecule has 2 saturated carbocycles. The maximum absolute atomic E-state index is 12.4. The molecule has 10 heavy (non-hydrogen) atoms. The monoisotopic (exact) mass is 138 g/mol. The second-order valence-corrected chi connectivity index (χ2v) is 3.78. The van der Waals surface area contributed by atoms with E-state index in [1.165, 1.54) is 0 Å². The molecule has 2 aliphatic rings. The van der Waals surface area contributed by atoms with Gasteiger partial charge in [-0.3, -0.25) is 0 Å². The molecule has 0 nitrogen and oxygen atoms in total. The Morgan fingerprint density at radius 2 is 1.90 bits per heavy atom. The third kappa shape index (κ3) is 0.683. The summed E-state index contributed by atoms with van der Waals surface area (Å²) < 4.78 is 12.4. The number of hydrogen-bond donors (Lipinski definition) is 0. The van der Waals surface area contributed by atoms with Gasteiger partial charge in [0, 0.05) is 5.92 Å². The third-order valence-corrected chi connectivity index (χ3v) is 2.90. The second kappa shape index (κ2) is 1.75. The Hall–Kier alpha value is -0.510. The highest BCUT2D eigenvalue weighted by Gasteiger charge is 2.52. The van der Waals surface area contributed by atoms with Crippen LogP contribution in [0.4, 0.5) is 4.39 Å². The van der Waals surface area contributed by atoms with Gasteiger partial charge in [-0.05, 0) is 31.1 Å². The van der Waals surface area contributed by atoms with Crippen molar-refractivity contribution in [1.29, 1.82) is 0 Å². The normalized spacial score (nSPS) is 51.2. The van der Waals surface area contributed by atoms with Gasteiger partial charge in [0.05, 0.1) is 0 Å². The number of terminal acetylenes is 1. The van der Waals surface area contributed by atoms with E-state index in [4.69, 9.17) is 6.42 Å². The summed E-state index contributed by atoms with van der Waals surface area (Å²) in [6.45, 7) is 0. The largest absolute Gasteiger partial charge is 0.247 e. The van der Waals surface area contributed by atoms with Crippen molar-refractivity contribution in [3.63, 3.8) is 0 Å². The fourth-order valence-corrected chi connectivity index (χ4v) is 2.32. The van der Waals surface area contributed by atoms with Gasteiger partial charge in [-0.1, -0.05) is 0 Å². The van der Waals surface area contributed by atoms with Crippen LogP contribution in [0.25, 0.3) is 0 Å². The average Bonchev–Trinajstić information content (AvgIpc) is 1.74. The molecule has 0 bridgehead atoms. The Morgan fingerprint density at radius 3 is 2.30 bits per heavy atom. The van der Waals surface area contributed by atoms with Gasteiger partial charge in [0.2, 0.25) is 0 Å². The van der Waals surface area contributed by atoms with Crippen LogP contribution in [0, 0.1) is 23.7 Å². The minimum atomic E-state index is -0.515. The first-order valence-electron chi connectivity index (χ1n) is 3.84. The van der Waals surface area contributed by atoms with E-state index in [1.54, 1.807) is 0 Å². The lowest BCUT2D eigenvalue weighted by Crippen LogP contribution is -2.48. The Labute approximate surface area is 60.8 Å². The van der Waals surface area contributed by atoms with E-state index < -0.39 is 6.17 Å². The van der Waals surface area contributed by atoms with Crippen LogP contribution >= 0.6 is 0 Å². The van der Waals surface area contributed by atoms with E-state index in [9.17, 15) is 4.39 Å². The number of halogens is 1. The van der Waals surface area contributed by atoms with Crippen molar-refractivity contribution in [2.75, 3.05) is 0 Å². The van der Waals surface area contributed by atoms with Crippen molar-refractivity contribution >= 4 is 0 Å². The van der Waals surface area contributed by atoms with Crippen molar-refractivity contribution in [2.45, 2.75) is 31.9 Å². The molecule has 0 amide bonds. The summed E-state index contributed by atoms with van der Waals surface area (Å²) >= 11 is 0. The van der Waals surface area contributed by atoms with Gasteiger partial charge in [0.15, 0.2) is 0 Å². The molecule has 1 heteroatoms. The van der Waals surface area contributed by atoms with Crippen molar-refractivity contribution in [2.24, 2.45) is 11.3 Å². The lowest BCUT2D eigenvalue weighted by atomic mass is 9.51. The minimum absolute atomic E-state index is 0.371. The van der Waals surface area contributed by atoms with E-state index in [0.717, 1.165) is 25.7 Å². The molecule has 0 aromatic heterocycles. The molecule has 54 valence electrons. The summed E-state index contributed by atoms with van der Waals surface area (Å²) in [4.78, 5) is 0. The maximum Gasteiger partial charge on any atom is 0.101 e. The predicted molar refractivity (Wildman–Crippen MR) is 38.1 cm³/mol. The van der Waals surface area contributed by atoms with Gasteiger partial charge in [0.25, 0.3) is 0 Å². The summed E-state index contributed by atoms with van der Waals surface area (Å²) in [5, 5.41) is 0. The molecule has 0 atom stereocenters. The molecule has 2 fully saturated rings. The van der Waals surface area contributed by atoms with E-state index in [-0.39, 0.29) is 0 Å². The van der Waals surface area contributed by atoms with Crippen molar-refractivity contribution < 1.29 is 4.39 Å². The van der Waals surface area contributed by atoms with Crippen LogP contribution in [0.5, 0.6) is 0 Å². The lowest BCUT2D eigenvalue weighted by Gasteiger charge is -2.54. The number of rotatable bonds is 0. The summed E-state index contributed by atoms with van der Waals surface area (Å²) in [6.07, 6.45) is 8.45. The van der Waals surface area contributed by atoms with Crippen LogP contribution in [0.2, 0.25) is 0 Å². The van der Waals surface area contributed by atoms with Crippen molar-refractivity contribution in [3.05, 3.63) is 0 Å². The zero-order chi connectivity index (χ0) is 7.19. The molecule has 0 radical (unpaired) electrons. The zero-order valence-electron chi connectivity index (χ0n) is 5.94. The quantitative estimate of drug-likeness (QED) is 0.450. The molecule has 0 heterocycles. The van der Waals surface area contributed by atoms with E-state index in [2.05, 4.69) is 5.92 Å². The van der Waals surface area contributed by atoms with Crippen LogP contribution in [-0.2, 0) is 0 Å². The van der Waals surface area contributed by atoms with Gasteiger partial charge in [-0.2, -0.15) is 0 Å². The molecule has 0 aromatic rings. The second-order valence-electron chi connectivity index (χ2n) is 3.78. The third-order valence-electron chi connectivity index (χ3n) is 2.90. The fourth-order valence-electron chi connectivity index (χ4n) is 2.32. The highest BCUT2D eigenvalue weighted by molar-refractivity contribution is 5.11. The zero-order valence-corrected chi connectivity index (χ0v) is 5.94. The minimum Gasteiger partial charge on any atom is -0.247 e. The molecule has 2 rings (SSSR count). The van der Waals surface area contributed by atoms with Crippen LogP contribution in [-0.4, -0.2) is 6.17 Å².